The van der Waals surface area contributed by atoms with Gasteiger partial charge in [-0.25, -0.2) is 13.2 Å². The topological polar surface area (TPSA) is 99.2 Å². The van der Waals surface area contributed by atoms with Crippen LogP contribution in [0.2, 0.25) is 0 Å². The average molecular weight is 482 g/mol. The first-order chi connectivity index (χ1) is 16.3. The highest BCUT2D eigenvalue weighted by atomic mass is 32.2. The Hall–Kier alpha value is -3.72. The summed E-state index contributed by atoms with van der Waals surface area (Å²) in [5, 5.41) is 9.46. The van der Waals surface area contributed by atoms with E-state index in [-0.39, 0.29) is 16.1 Å². The van der Waals surface area contributed by atoms with Crippen LogP contribution in [-0.2, 0) is 10.0 Å². The van der Waals surface area contributed by atoms with Crippen LogP contribution in [-0.4, -0.2) is 52.8 Å². The van der Waals surface area contributed by atoms with E-state index in [0.29, 0.717) is 31.9 Å². The minimum absolute atomic E-state index is 0.0121. The molecule has 0 unspecified atom stereocenters. The van der Waals surface area contributed by atoms with Crippen molar-refractivity contribution in [2.45, 2.75) is 11.8 Å². The van der Waals surface area contributed by atoms with E-state index < -0.39 is 16.0 Å². The second kappa shape index (κ2) is 9.64. The maximum Gasteiger partial charge on any atom is 0.335 e. The SMILES string of the molecule is COc1ccccc1N1CCN(c2ccc(C(=O)O)cc2NS(=O)(=O)c2ccc(C)cc2)CC1. The molecule has 0 aromatic heterocycles. The summed E-state index contributed by atoms with van der Waals surface area (Å²) >= 11 is 0. The molecule has 9 heteroatoms. The Labute approximate surface area is 199 Å². The lowest BCUT2D eigenvalue weighted by Crippen LogP contribution is -2.46. The summed E-state index contributed by atoms with van der Waals surface area (Å²) in [7, 11) is -2.25. The average Bonchev–Trinajstić information content (AvgIpc) is 2.84. The van der Waals surface area contributed by atoms with Crippen molar-refractivity contribution in [3.63, 3.8) is 0 Å². The number of aromatic carboxylic acids is 1. The molecular formula is C25H27N3O5S. The molecule has 0 bridgehead atoms. The van der Waals surface area contributed by atoms with Gasteiger partial charge in [0.15, 0.2) is 0 Å². The van der Waals surface area contributed by atoms with Gasteiger partial charge < -0.3 is 19.6 Å². The van der Waals surface area contributed by atoms with Crippen LogP contribution in [0.1, 0.15) is 15.9 Å². The number of para-hydroxylation sites is 2. The van der Waals surface area contributed by atoms with E-state index in [1.807, 2.05) is 31.2 Å². The molecule has 178 valence electrons. The Morgan fingerprint density at radius 1 is 0.912 bits per heavy atom. The zero-order valence-electron chi connectivity index (χ0n) is 19.1. The summed E-state index contributed by atoms with van der Waals surface area (Å²) in [5.41, 5.74) is 2.84. The van der Waals surface area contributed by atoms with Crippen LogP contribution in [0.3, 0.4) is 0 Å². The van der Waals surface area contributed by atoms with Gasteiger partial charge in [-0.05, 0) is 49.4 Å². The van der Waals surface area contributed by atoms with Crippen molar-refractivity contribution < 1.29 is 23.1 Å². The minimum Gasteiger partial charge on any atom is -0.495 e. The Balaban J connectivity index is 1.60. The van der Waals surface area contributed by atoms with Crippen LogP contribution in [0, 0.1) is 6.92 Å². The molecule has 1 aliphatic rings. The van der Waals surface area contributed by atoms with Crippen LogP contribution in [0.15, 0.2) is 71.6 Å². The van der Waals surface area contributed by atoms with E-state index >= 15 is 0 Å². The van der Waals surface area contributed by atoms with Gasteiger partial charge in [0.05, 0.1) is 34.6 Å². The van der Waals surface area contributed by atoms with Crippen molar-refractivity contribution in [2.24, 2.45) is 0 Å². The number of hydrogen-bond acceptors (Lipinski definition) is 6. The van der Waals surface area contributed by atoms with E-state index in [1.165, 1.54) is 24.3 Å². The Kier molecular flexibility index (Phi) is 6.65. The fourth-order valence-electron chi connectivity index (χ4n) is 4.03. The summed E-state index contributed by atoms with van der Waals surface area (Å²) in [6.45, 7) is 4.53. The lowest BCUT2D eigenvalue weighted by molar-refractivity contribution is 0.0697. The predicted molar refractivity (Wildman–Crippen MR) is 133 cm³/mol. The standard InChI is InChI=1S/C25H27N3O5S/c1-18-7-10-20(11-8-18)34(31,32)26-21-17-19(25(29)30)9-12-22(21)27-13-15-28(16-14-27)23-5-3-4-6-24(23)33-2/h3-12,17,26H,13-16H2,1-2H3,(H,29,30). The molecule has 0 radical (unpaired) electrons. The number of carbonyl (C=O) groups is 1. The summed E-state index contributed by atoms with van der Waals surface area (Å²) in [6.07, 6.45) is 0. The first-order valence-electron chi connectivity index (χ1n) is 10.9. The summed E-state index contributed by atoms with van der Waals surface area (Å²) in [5.74, 6) is -0.323. The van der Waals surface area contributed by atoms with Crippen molar-refractivity contribution >= 4 is 33.1 Å². The molecule has 8 nitrogen and oxygen atoms in total. The third-order valence-corrected chi connectivity index (χ3v) is 7.25. The number of aryl methyl sites for hydroxylation is 1. The zero-order chi connectivity index (χ0) is 24.3. The molecule has 1 saturated heterocycles. The number of benzene rings is 3. The molecular weight excluding hydrogens is 454 g/mol. The number of sulfonamides is 1. The van der Waals surface area contributed by atoms with Gasteiger partial charge in [0.25, 0.3) is 10.0 Å². The van der Waals surface area contributed by atoms with Gasteiger partial charge in [-0.1, -0.05) is 29.8 Å². The molecule has 4 rings (SSSR count). The molecule has 0 aliphatic carbocycles. The maximum absolute atomic E-state index is 13.0. The molecule has 0 amide bonds. The first kappa shape index (κ1) is 23.4. The number of carboxylic acids is 1. The third-order valence-electron chi connectivity index (χ3n) is 5.87. The highest BCUT2D eigenvalue weighted by molar-refractivity contribution is 7.92. The Morgan fingerprint density at radius 2 is 1.53 bits per heavy atom. The van der Waals surface area contributed by atoms with E-state index in [1.54, 1.807) is 25.3 Å². The monoisotopic (exact) mass is 481 g/mol. The van der Waals surface area contributed by atoms with Crippen molar-refractivity contribution in [1.29, 1.82) is 0 Å². The van der Waals surface area contributed by atoms with Crippen LogP contribution in [0.25, 0.3) is 0 Å². The molecule has 1 aliphatic heterocycles. The third kappa shape index (κ3) is 4.94. The lowest BCUT2D eigenvalue weighted by atomic mass is 10.1. The van der Waals surface area contributed by atoms with E-state index in [0.717, 1.165) is 17.0 Å². The fraction of sp³-hybridized carbons (Fsp3) is 0.240. The van der Waals surface area contributed by atoms with Gasteiger partial charge in [0.1, 0.15) is 5.75 Å². The quantitative estimate of drug-likeness (QED) is 0.529. The lowest BCUT2D eigenvalue weighted by Gasteiger charge is -2.38. The van der Waals surface area contributed by atoms with Gasteiger partial charge >= 0.3 is 5.97 Å². The molecule has 1 fully saturated rings. The molecule has 0 atom stereocenters. The van der Waals surface area contributed by atoms with Gasteiger partial charge in [-0.2, -0.15) is 0 Å². The van der Waals surface area contributed by atoms with Gasteiger partial charge in [-0.15, -0.1) is 0 Å². The zero-order valence-corrected chi connectivity index (χ0v) is 19.9. The molecule has 1 heterocycles. The number of carboxylic acid groups (broad SMARTS) is 1. The van der Waals surface area contributed by atoms with Crippen molar-refractivity contribution in [3.05, 3.63) is 77.9 Å². The number of nitrogens with zero attached hydrogens (tertiary/aromatic N) is 2. The number of rotatable bonds is 7. The number of piperazine rings is 1. The molecule has 0 spiro atoms. The highest BCUT2D eigenvalue weighted by Crippen LogP contribution is 2.33. The summed E-state index contributed by atoms with van der Waals surface area (Å²) < 4.78 is 34.2. The Morgan fingerprint density at radius 3 is 2.15 bits per heavy atom. The second-order valence-corrected chi connectivity index (χ2v) is 9.78. The van der Waals surface area contributed by atoms with E-state index in [2.05, 4.69) is 14.5 Å². The number of hydrogen-bond donors (Lipinski definition) is 2. The van der Waals surface area contributed by atoms with Crippen molar-refractivity contribution in [3.8, 4) is 5.75 Å². The highest BCUT2D eigenvalue weighted by Gasteiger charge is 2.24. The van der Waals surface area contributed by atoms with Gasteiger partial charge in [0.2, 0.25) is 0 Å². The number of ether oxygens (including phenoxy) is 1. The van der Waals surface area contributed by atoms with Crippen molar-refractivity contribution in [1.82, 2.24) is 0 Å². The largest absolute Gasteiger partial charge is 0.495 e. The molecule has 3 aromatic carbocycles. The molecule has 3 aromatic rings. The predicted octanol–water partition coefficient (Wildman–Crippen LogP) is 3.83. The number of methoxy groups -OCH3 is 1. The minimum atomic E-state index is -3.89. The smallest absolute Gasteiger partial charge is 0.335 e. The van der Waals surface area contributed by atoms with Crippen LogP contribution < -0.4 is 19.3 Å². The van der Waals surface area contributed by atoms with Crippen LogP contribution in [0.5, 0.6) is 5.75 Å². The van der Waals surface area contributed by atoms with Crippen molar-refractivity contribution in [2.75, 3.05) is 47.8 Å². The normalized spacial score (nSPS) is 14.1. The second-order valence-electron chi connectivity index (χ2n) is 8.10. The Bertz CT molecular complexity index is 1280. The van der Waals surface area contributed by atoms with E-state index in [9.17, 15) is 18.3 Å². The first-order valence-corrected chi connectivity index (χ1v) is 12.4. The molecule has 34 heavy (non-hydrogen) atoms. The summed E-state index contributed by atoms with van der Waals surface area (Å²) in [4.78, 5) is 16.0. The molecule has 0 saturated carbocycles. The van der Waals surface area contributed by atoms with Gasteiger partial charge in [-0.3, -0.25) is 4.72 Å². The maximum atomic E-state index is 13.0. The van der Waals surface area contributed by atoms with Crippen LogP contribution in [0.4, 0.5) is 17.1 Å². The van der Waals surface area contributed by atoms with Crippen LogP contribution >= 0.6 is 0 Å². The summed E-state index contributed by atoms with van der Waals surface area (Å²) in [6, 6.07) is 18.9. The molecule has 2 N–H and O–H groups in total. The number of nitrogens with one attached hydrogen (secondary N) is 1. The van der Waals surface area contributed by atoms with Gasteiger partial charge in [0, 0.05) is 26.2 Å². The number of anilines is 3. The van der Waals surface area contributed by atoms with E-state index in [4.69, 9.17) is 4.74 Å². The fourth-order valence-corrected chi connectivity index (χ4v) is 5.09.